The van der Waals surface area contributed by atoms with Crippen LogP contribution in [0, 0.1) is 0 Å². The van der Waals surface area contributed by atoms with Gasteiger partial charge in [-0.3, -0.25) is 0 Å². The summed E-state index contributed by atoms with van der Waals surface area (Å²) in [5.74, 6) is 0. The Labute approximate surface area is 96.2 Å². The van der Waals surface area contributed by atoms with E-state index in [-0.39, 0.29) is 0 Å². The highest BCUT2D eigenvalue weighted by Crippen LogP contribution is 2.51. The molecule has 1 aromatic carbocycles. The molecule has 1 aliphatic rings. The molecule has 0 heterocycles. The van der Waals surface area contributed by atoms with Crippen molar-refractivity contribution in [1.82, 2.24) is 0 Å². The highest BCUT2D eigenvalue weighted by atomic mass is 35.5. The van der Waals surface area contributed by atoms with Gasteiger partial charge in [0.25, 0.3) is 0 Å². The van der Waals surface area contributed by atoms with Gasteiger partial charge < -0.3 is 4.74 Å². The second kappa shape index (κ2) is 3.64. The minimum Gasteiger partial charge on any atom is -0.373 e. The molecule has 1 nitrogen and oxygen atoms in total. The van der Waals surface area contributed by atoms with Crippen LogP contribution in [0.15, 0.2) is 18.2 Å². The molecule has 0 bridgehead atoms. The summed E-state index contributed by atoms with van der Waals surface area (Å²) in [5, 5.41) is 0.326. The summed E-state index contributed by atoms with van der Waals surface area (Å²) in [6.07, 6.45) is -2.92. The van der Waals surface area contributed by atoms with E-state index in [9.17, 15) is 13.2 Å². The molecular weight excluding hydrogens is 241 g/mol. The Kier molecular flexibility index (Phi) is 2.67. The first-order valence-electron chi connectivity index (χ1n) is 4.81. The maximum atomic E-state index is 12.5. The van der Waals surface area contributed by atoms with Gasteiger partial charge in [-0.15, -0.1) is 0 Å². The summed E-state index contributed by atoms with van der Waals surface area (Å²) in [5.41, 5.74) is -0.847. The minimum absolute atomic E-state index is 0.326. The molecule has 0 unspecified atom stereocenters. The van der Waals surface area contributed by atoms with Crippen LogP contribution in [0.2, 0.25) is 5.02 Å². The third-order valence-corrected chi connectivity index (χ3v) is 3.21. The molecule has 0 amide bonds. The standard InChI is InChI=1S/C11H10ClF3O/c1-16-10(4-5-10)8-6-7(11(13,14)15)2-3-9(8)12/h2-3,6H,4-5H2,1H3. The Morgan fingerprint density at radius 1 is 1.31 bits per heavy atom. The second-order valence-corrected chi connectivity index (χ2v) is 4.30. The normalized spacial score (nSPS) is 18.6. The molecule has 1 aliphatic carbocycles. The molecular formula is C11H10ClF3O. The lowest BCUT2D eigenvalue weighted by Crippen LogP contribution is -2.12. The van der Waals surface area contributed by atoms with Crippen LogP contribution in [-0.2, 0) is 16.5 Å². The number of hydrogen-bond donors (Lipinski definition) is 0. The molecule has 2 rings (SSSR count). The van der Waals surface area contributed by atoms with Crippen LogP contribution in [0.25, 0.3) is 0 Å². The van der Waals surface area contributed by atoms with E-state index >= 15 is 0 Å². The summed E-state index contributed by atoms with van der Waals surface area (Å²) in [4.78, 5) is 0. The van der Waals surface area contributed by atoms with Crippen molar-refractivity contribution in [2.75, 3.05) is 7.11 Å². The van der Waals surface area contributed by atoms with Crippen LogP contribution in [0.4, 0.5) is 13.2 Å². The molecule has 1 aromatic rings. The molecule has 16 heavy (non-hydrogen) atoms. The predicted molar refractivity (Wildman–Crippen MR) is 54.4 cm³/mol. The molecule has 0 aliphatic heterocycles. The summed E-state index contributed by atoms with van der Waals surface area (Å²) >= 11 is 5.90. The number of alkyl halides is 3. The van der Waals surface area contributed by atoms with E-state index in [4.69, 9.17) is 16.3 Å². The highest BCUT2D eigenvalue weighted by molar-refractivity contribution is 6.31. The summed E-state index contributed by atoms with van der Waals surface area (Å²) in [6, 6.07) is 3.34. The van der Waals surface area contributed by atoms with Crippen LogP contribution in [0.5, 0.6) is 0 Å². The molecule has 0 aromatic heterocycles. The van der Waals surface area contributed by atoms with Crippen LogP contribution in [-0.4, -0.2) is 7.11 Å². The van der Waals surface area contributed by atoms with Crippen molar-refractivity contribution in [1.29, 1.82) is 0 Å². The molecule has 0 radical (unpaired) electrons. The minimum atomic E-state index is -4.34. The van der Waals surface area contributed by atoms with E-state index in [0.29, 0.717) is 23.4 Å². The fraction of sp³-hybridized carbons (Fsp3) is 0.455. The number of rotatable bonds is 2. The van der Waals surface area contributed by atoms with Crippen LogP contribution in [0.3, 0.4) is 0 Å². The first-order chi connectivity index (χ1) is 7.39. The average Bonchev–Trinajstić information content (AvgIpc) is 2.97. The number of hydrogen-bond acceptors (Lipinski definition) is 1. The maximum Gasteiger partial charge on any atom is 0.416 e. The molecule has 88 valence electrons. The van der Waals surface area contributed by atoms with Crippen LogP contribution in [0.1, 0.15) is 24.0 Å². The first-order valence-corrected chi connectivity index (χ1v) is 5.19. The van der Waals surface area contributed by atoms with E-state index in [1.54, 1.807) is 0 Å². The summed E-state index contributed by atoms with van der Waals surface area (Å²) in [6.45, 7) is 0. The monoisotopic (exact) mass is 250 g/mol. The number of ether oxygens (including phenoxy) is 1. The van der Waals surface area contributed by atoms with E-state index in [1.165, 1.54) is 13.2 Å². The van der Waals surface area contributed by atoms with Gasteiger partial charge in [-0.05, 0) is 31.0 Å². The van der Waals surface area contributed by atoms with Crippen molar-refractivity contribution in [3.63, 3.8) is 0 Å². The Morgan fingerprint density at radius 2 is 1.94 bits per heavy atom. The summed E-state index contributed by atoms with van der Waals surface area (Å²) < 4.78 is 42.8. The van der Waals surface area contributed by atoms with Crippen molar-refractivity contribution < 1.29 is 17.9 Å². The highest BCUT2D eigenvalue weighted by Gasteiger charge is 2.47. The lowest BCUT2D eigenvalue weighted by Gasteiger charge is -2.17. The molecule has 5 heteroatoms. The van der Waals surface area contributed by atoms with Gasteiger partial charge in [0.2, 0.25) is 0 Å². The fourth-order valence-corrected chi connectivity index (χ4v) is 2.04. The number of halogens is 4. The summed E-state index contributed by atoms with van der Waals surface area (Å²) in [7, 11) is 1.49. The molecule has 0 spiro atoms. The largest absolute Gasteiger partial charge is 0.416 e. The molecule has 0 atom stereocenters. The first kappa shape index (κ1) is 11.7. The van der Waals surface area contributed by atoms with Crippen LogP contribution < -0.4 is 0 Å². The van der Waals surface area contributed by atoms with Gasteiger partial charge in [-0.1, -0.05) is 11.6 Å². The van der Waals surface area contributed by atoms with Gasteiger partial charge >= 0.3 is 6.18 Å². The SMILES string of the molecule is COC1(c2cc(C(F)(F)F)ccc2Cl)CC1. The Hall–Kier alpha value is -0.740. The van der Waals surface area contributed by atoms with Crippen molar-refractivity contribution in [2.24, 2.45) is 0 Å². The fourth-order valence-electron chi connectivity index (χ4n) is 1.75. The van der Waals surface area contributed by atoms with Gasteiger partial charge in [-0.25, -0.2) is 0 Å². The van der Waals surface area contributed by atoms with Gasteiger partial charge in [-0.2, -0.15) is 13.2 Å². The zero-order valence-electron chi connectivity index (χ0n) is 8.57. The van der Waals surface area contributed by atoms with Gasteiger partial charge in [0.05, 0.1) is 11.2 Å². The lowest BCUT2D eigenvalue weighted by molar-refractivity contribution is -0.137. The number of methoxy groups -OCH3 is 1. The molecule has 1 saturated carbocycles. The van der Waals surface area contributed by atoms with E-state index in [1.807, 2.05) is 0 Å². The zero-order chi connectivity index (χ0) is 12.0. The topological polar surface area (TPSA) is 9.23 Å². The third-order valence-electron chi connectivity index (χ3n) is 2.88. The molecule has 1 fully saturated rings. The van der Waals surface area contributed by atoms with Crippen molar-refractivity contribution in [2.45, 2.75) is 24.6 Å². The zero-order valence-corrected chi connectivity index (χ0v) is 9.32. The molecule has 0 saturated heterocycles. The number of benzene rings is 1. The van der Waals surface area contributed by atoms with Crippen LogP contribution >= 0.6 is 11.6 Å². The second-order valence-electron chi connectivity index (χ2n) is 3.89. The molecule has 0 N–H and O–H groups in total. The Balaban J connectivity index is 2.46. The lowest BCUT2D eigenvalue weighted by atomic mass is 10.0. The van der Waals surface area contributed by atoms with Crippen molar-refractivity contribution in [3.8, 4) is 0 Å². The van der Waals surface area contributed by atoms with Gasteiger partial charge in [0.1, 0.15) is 0 Å². The average molecular weight is 251 g/mol. The van der Waals surface area contributed by atoms with Crippen molar-refractivity contribution in [3.05, 3.63) is 34.3 Å². The van der Waals surface area contributed by atoms with E-state index < -0.39 is 17.3 Å². The smallest absolute Gasteiger partial charge is 0.373 e. The third kappa shape index (κ3) is 1.92. The van der Waals surface area contributed by atoms with E-state index in [2.05, 4.69) is 0 Å². The van der Waals surface area contributed by atoms with Crippen molar-refractivity contribution >= 4 is 11.6 Å². The van der Waals surface area contributed by atoms with Gasteiger partial charge in [0, 0.05) is 17.7 Å². The Bertz CT molecular complexity index is 410. The Morgan fingerprint density at radius 3 is 2.38 bits per heavy atom. The predicted octanol–water partition coefficient (Wildman–Crippen LogP) is 3.99. The maximum absolute atomic E-state index is 12.5. The quantitative estimate of drug-likeness (QED) is 0.771. The van der Waals surface area contributed by atoms with E-state index in [0.717, 1.165) is 12.1 Å². The van der Waals surface area contributed by atoms with Gasteiger partial charge in [0.15, 0.2) is 0 Å².